The average molecular weight is 249 g/mol. The maximum absolute atomic E-state index is 10.9. The van der Waals surface area contributed by atoms with Crippen LogP contribution in [0.1, 0.15) is 45.1 Å². The molecule has 0 aliphatic heterocycles. The third kappa shape index (κ3) is 4.40. The van der Waals surface area contributed by atoms with Gasteiger partial charge >= 0.3 is 0 Å². The SMILES string of the molecule is COc1ccc(C(C)C)cc1NCCCC(C)=O. The van der Waals surface area contributed by atoms with Gasteiger partial charge in [0.05, 0.1) is 12.8 Å². The van der Waals surface area contributed by atoms with E-state index in [1.165, 1.54) is 5.56 Å². The predicted molar refractivity (Wildman–Crippen MR) is 75.5 cm³/mol. The molecule has 0 heterocycles. The lowest BCUT2D eigenvalue weighted by Crippen LogP contribution is -2.05. The first-order valence-corrected chi connectivity index (χ1v) is 6.46. The van der Waals surface area contributed by atoms with Crippen molar-refractivity contribution < 1.29 is 9.53 Å². The fourth-order valence-electron chi connectivity index (χ4n) is 1.78. The number of hydrogen-bond donors (Lipinski definition) is 1. The van der Waals surface area contributed by atoms with Crippen LogP contribution in [0.25, 0.3) is 0 Å². The van der Waals surface area contributed by atoms with E-state index in [2.05, 4.69) is 31.3 Å². The number of ketones is 1. The van der Waals surface area contributed by atoms with Gasteiger partial charge in [-0.2, -0.15) is 0 Å². The Morgan fingerprint density at radius 2 is 2.11 bits per heavy atom. The van der Waals surface area contributed by atoms with Gasteiger partial charge in [-0.25, -0.2) is 0 Å². The smallest absolute Gasteiger partial charge is 0.141 e. The number of carbonyl (C=O) groups is 1. The molecule has 0 aliphatic rings. The zero-order valence-corrected chi connectivity index (χ0v) is 11.7. The number of carbonyl (C=O) groups excluding carboxylic acids is 1. The Hall–Kier alpha value is -1.51. The van der Waals surface area contributed by atoms with Gasteiger partial charge in [-0.05, 0) is 37.0 Å². The van der Waals surface area contributed by atoms with Crippen LogP contribution in [0.15, 0.2) is 18.2 Å². The van der Waals surface area contributed by atoms with Gasteiger partial charge in [0.2, 0.25) is 0 Å². The van der Waals surface area contributed by atoms with Crippen molar-refractivity contribution in [2.45, 2.75) is 39.5 Å². The summed E-state index contributed by atoms with van der Waals surface area (Å²) in [6.07, 6.45) is 1.48. The molecule has 0 aromatic heterocycles. The van der Waals surface area contributed by atoms with Crippen molar-refractivity contribution in [1.82, 2.24) is 0 Å². The number of nitrogens with one attached hydrogen (secondary N) is 1. The van der Waals surface area contributed by atoms with Gasteiger partial charge in [0, 0.05) is 13.0 Å². The number of hydrogen-bond acceptors (Lipinski definition) is 3. The zero-order chi connectivity index (χ0) is 13.5. The fourth-order valence-corrected chi connectivity index (χ4v) is 1.78. The molecule has 0 amide bonds. The highest BCUT2D eigenvalue weighted by atomic mass is 16.5. The van der Waals surface area contributed by atoms with Gasteiger partial charge in [0.1, 0.15) is 11.5 Å². The second kappa shape index (κ2) is 7.04. The highest BCUT2D eigenvalue weighted by Gasteiger charge is 2.06. The summed E-state index contributed by atoms with van der Waals surface area (Å²) in [7, 11) is 1.67. The summed E-state index contributed by atoms with van der Waals surface area (Å²) in [6, 6.07) is 6.20. The van der Waals surface area contributed by atoms with E-state index in [1.807, 2.05) is 6.07 Å². The molecule has 1 N–H and O–H groups in total. The van der Waals surface area contributed by atoms with E-state index in [-0.39, 0.29) is 5.78 Å². The van der Waals surface area contributed by atoms with E-state index in [0.717, 1.165) is 24.4 Å². The van der Waals surface area contributed by atoms with Crippen molar-refractivity contribution in [3.8, 4) is 5.75 Å². The van der Waals surface area contributed by atoms with Crippen LogP contribution in [0.5, 0.6) is 5.75 Å². The van der Waals surface area contributed by atoms with Crippen LogP contribution >= 0.6 is 0 Å². The Morgan fingerprint density at radius 3 is 2.67 bits per heavy atom. The molecule has 3 nitrogen and oxygen atoms in total. The Bertz CT molecular complexity index is 399. The van der Waals surface area contributed by atoms with Gasteiger partial charge in [-0.1, -0.05) is 19.9 Å². The largest absolute Gasteiger partial charge is 0.495 e. The number of ether oxygens (including phenoxy) is 1. The summed E-state index contributed by atoms with van der Waals surface area (Å²) < 4.78 is 5.33. The molecule has 0 saturated heterocycles. The summed E-state index contributed by atoms with van der Waals surface area (Å²) in [4.78, 5) is 10.9. The topological polar surface area (TPSA) is 38.3 Å². The normalized spacial score (nSPS) is 10.5. The Kier molecular flexibility index (Phi) is 5.69. The van der Waals surface area contributed by atoms with Crippen molar-refractivity contribution in [3.63, 3.8) is 0 Å². The van der Waals surface area contributed by atoms with E-state index in [9.17, 15) is 4.79 Å². The number of Topliss-reactive ketones (excluding diaryl/α,β-unsaturated/α-hetero) is 1. The lowest BCUT2D eigenvalue weighted by Gasteiger charge is -2.14. The van der Waals surface area contributed by atoms with Crippen molar-refractivity contribution in [2.24, 2.45) is 0 Å². The maximum atomic E-state index is 10.9. The second-order valence-corrected chi connectivity index (χ2v) is 4.85. The molecule has 0 saturated carbocycles. The minimum Gasteiger partial charge on any atom is -0.495 e. The number of anilines is 1. The first kappa shape index (κ1) is 14.6. The molecule has 0 atom stereocenters. The summed E-state index contributed by atoms with van der Waals surface area (Å²) in [6.45, 7) is 6.75. The molecule has 100 valence electrons. The Balaban J connectivity index is 2.66. The average Bonchev–Trinajstić information content (AvgIpc) is 2.34. The van der Waals surface area contributed by atoms with Gasteiger partial charge < -0.3 is 14.8 Å². The molecule has 1 aromatic carbocycles. The zero-order valence-electron chi connectivity index (χ0n) is 11.7. The highest BCUT2D eigenvalue weighted by Crippen LogP contribution is 2.28. The Morgan fingerprint density at radius 1 is 1.39 bits per heavy atom. The summed E-state index contributed by atoms with van der Waals surface area (Å²) in [5, 5.41) is 3.34. The molecule has 0 unspecified atom stereocenters. The summed E-state index contributed by atoms with van der Waals surface area (Å²) >= 11 is 0. The van der Waals surface area contributed by atoms with E-state index in [1.54, 1.807) is 14.0 Å². The number of benzene rings is 1. The molecule has 3 heteroatoms. The molecule has 0 fully saturated rings. The maximum Gasteiger partial charge on any atom is 0.141 e. The quantitative estimate of drug-likeness (QED) is 0.750. The standard InChI is InChI=1S/C15H23NO2/c1-11(2)13-7-8-15(18-4)14(10-13)16-9-5-6-12(3)17/h7-8,10-11,16H,5-6,9H2,1-4H3. The predicted octanol–water partition coefficient (Wildman–Crippen LogP) is 3.60. The molecule has 1 aromatic rings. The third-order valence-electron chi connectivity index (χ3n) is 2.91. The monoisotopic (exact) mass is 249 g/mol. The van der Waals surface area contributed by atoms with E-state index in [0.29, 0.717) is 12.3 Å². The Labute approximate surface area is 110 Å². The van der Waals surface area contributed by atoms with Crippen LogP contribution in [-0.4, -0.2) is 19.4 Å². The lowest BCUT2D eigenvalue weighted by molar-refractivity contribution is -0.117. The minimum atomic E-state index is 0.236. The first-order chi connectivity index (χ1) is 8.54. The molecule has 0 aliphatic carbocycles. The van der Waals surface area contributed by atoms with E-state index in [4.69, 9.17) is 4.74 Å². The molecule has 1 rings (SSSR count). The van der Waals surface area contributed by atoms with Gasteiger partial charge in [0.15, 0.2) is 0 Å². The third-order valence-corrected chi connectivity index (χ3v) is 2.91. The van der Waals surface area contributed by atoms with Crippen molar-refractivity contribution in [2.75, 3.05) is 19.0 Å². The van der Waals surface area contributed by atoms with Crippen LogP contribution in [0, 0.1) is 0 Å². The van der Waals surface area contributed by atoms with Crippen LogP contribution in [-0.2, 0) is 4.79 Å². The fraction of sp³-hybridized carbons (Fsp3) is 0.533. The highest BCUT2D eigenvalue weighted by molar-refractivity contribution is 5.75. The molecular formula is C15H23NO2. The summed E-state index contributed by atoms with van der Waals surface area (Å²) in [5.74, 6) is 1.58. The number of methoxy groups -OCH3 is 1. The van der Waals surface area contributed by atoms with Crippen LogP contribution in [0.4, 0.5) is 5.69 Å². The van der Waals surface area contributed by atoms with Gasteiger partial charge in [0.25, 0.3) is 0 Å². The first-order valence-electron chi connectivity index (χ1n) is 6.46. The van der Waals surface area contributed by atoms with Gasteiger partial charge in [-0.3, -0.25) is 0 Å². The van der Waals surface area contributed by atoms with Crippen molar-refractivity contribution in [1.29, 1.82) is 0 Å². The number of rotatable bonds is 7. The minimum absolute atomic E-state index is 0.236. The lowest BCUT2D eigenvalue weighted by atomic mass is 10.0. The van der Waals surface area contributed by atoms with Gasteiger partial charge in [-0.15, -0.1) is 0 Å². The molecular weight excluding hydrogens is 226 g/mol. The van der Waals surface area contributed by atoms with Crippen LogP contribution in [0.3, 0.4) is 0 Å². The summed E-state index contributed by atoms with van der Waals surface area (Å²) in [5.41, 5.74) is 2.29. The molecule has 0 radical (unpaired) electrons. The van der Waals surface area contributed by atoms with E-state index < -0.39 is 0 Å². The van der Waals surface area contributed by atoms with Crippen LogP contribution in [0.2, 0.25) is 0 Å². The van der Waals surface area contributed by atoms with Crippen LogP contribution < -0.4 is 10.1 Å². The molecule has 18 heavy (non-hydrogen) atoms. The van der Waals surface area contributed by atoms with E-state index >= 15 is 0 Å². The second-order valence-electron chi connectivity index (χ2n) is 4.85. The molecule has 0 spiro atoms. The molecule has 0 bridgehead atoms. The van der Waals surface area contributed by atoms with Crippen molar-refractivity contribution >= 4 is 11.5 Å². The van der Waals surface area contributed by atoms with Crippen molar-refractivity contribution in [3.05, 3.63) is 23.8 Å².